The number of hydrogen-bond donors (Lipinski definition) is 1. The molecule has 0 spiro atoms. The summed E-state index contributed by atoms with van der Waals surface area (Å²) in [7, 11) is 0. The lowest BCUT2D eigenvalue weighted by Crippen LogP contribution is -2.21. The number of ether oxygens (including phenoxy) is 1. The van der Waals surface area contributed by atoms with E-state index in [-0.39, 0.29) is 11.9 Å². The number of hydrogen-bond acceptors (Lipinski definition) is 3. The van der Waals surface area contributed by atoms with Gasteiger partial charge in [0.2, 0.25) is 0 Å². The van der Waals surface area contributed by atoms with Crippen LogP contribution in [0.4, 0.5) is 0 Å². The number of carbonyl (C=O) groups is 2. The van der Waals surface area contributed by atoms with Crippen LogP contribution in [-0.2, 0) is 16.0 Å². The van der Waals surface area contributed by atoms with E-state index in [1.807, 2.05) is 13.0 Å². The Kier molecular flexibility index (Phi) is 4.08. The van der Waals surface area contributed by atoms with Gasteiger partial charge in [0.1, 0.15) is 0 Å². The van der Waals surface area contributed by atoms with Gasteiger partial charge in [-0.25, -0.2) is 4.79 Å². The second kappa shape index (κ2) is 5.88. The van der Waals surface area contributed by atoms with Gasteiger partial charge in [-0.15, -0.1) is 0 Å². The van der Waals surface area contributed by atoms with Gasteiger partial charge in [-0.3, -0.25) is 4.79 Å². The molecule has 0 saturated heterocycles. The SMILES string of the molecule is CCOC(=O)C1CCC2=C(Cc3c(C(=O)O)cc(Br)cc32)C1. The topological polar surface area (TPSA) is 63.6 Å². The summed E-state index contributed by atoms with van der Waals surface area (Å²) in [6.07, 6.45) is 2.89. The maximum absolute atomic E-state index is 11.9. The Bertz CT molecular complexity index is 690. The van der Waals surface area contributed by atoms with Crippen molar-refractivity contribution < 1.29 is 19.4 Å². The summed E-state index contributed by atoms with van der Waals surface area (Å²) in [5, 5.41) is 9.40. The summed E-state index contributed by atoms with van der Waals surface area (Å²) in [6.45, 7) is 2.21. The summed E-state index contributed by atoms with van der Waals surface area (Å²) in [5.41, 5.74) is 4.68. The van der Waals surface area contributed by atoms with Crippen molar-refractivity contribution in [2.24, 2.45) is 5.92 Å². The van der Waals surface area contributed by atoms with Crippen LogP contribution >= 0.6 is 15.9 Å². The first-order chi connectivity index (χ1) is 10.5. The minimum atomic E-state index is -0.903. The molecule has 2 aliphatic carbocycles. The molecule has 1 aromatic carbocycles. The number of benzene rings is 1. The van der Waals surface area contributed by atoms with E-state index in [0.29, 0.717) is 25.0 Å². The molecule has 3 rings (SSSR count). The van der Waals surface area contributed by atoms with Crippen LogP contribution in [0.15, 0.2) is 22.2 Å². The van der Waals surface area contributed by atoms with Crippen molar-refractivity contribution in [1.82, 2.24) is 0 Å². The van der Waals surface area contributed by atoms with Crippen LogP contribution in [0.5, 0.6) is 0 Å². The largest absolute Gasteiger partial charge is 0.478 e. The van der Waals surface area contributed by atoms with Gasteiger partial charge in [-0.2, -0.15) is 0 Å². The normalized spacial score (nSPS) is 19.6. The van der Waals surface area contributed by atoms with Crippen molar-refractivity contribution in [3.05, 3.63) is 38.9 Å². The highest BCUT2D eigenvalue weighted by Gasteiger charge is 2.34. The Hall–Kier alpha value is -1.62. The number of allylic oxidation sites excluding steroid dienone is 2. The van der Waals surface area contributed by atoms with Crippen molar-refractivity contribution in [2.75, 3.05) is 6.61 Å². The lowest BCUT2D eigenvalue weighted by molar-refractivity contribution is -0.148. The number of carboxylic acids is 1. The van der Waals surface area contributed by atoms with Crippen molar-refractivity contribution >= 4 is 33.4 Å². The molecular weight excluding hydrogens is 348 g/mol. The Labute approximate surface area is 137 Å². The third kappa shape index (κ3) is 2.58. The third-order valence-corrected chi connectivity index (χ3v) is 4.90. The van der Waals surface area contributed by atoms with E-state index in [1.54, 1.807) is 6.07 Å². The zero-order chi connectivity index (χ0) is 15.9. The van der Waals surface area contributed by atoms with Gasteiger partial charge >= 0.3 is 11.9 Å². The fraction of sp³-hybridized carbons (Fsp3) is 0.412. The number of fused-ring (bicyclic) bond motifs is 2. The molecule has 0 fully saturated rings. The summed E-state index contributed by atoms with van der Waals surface area (Å²) in [4.78, 5) is 23.4. The second-order valence-corrected chi connectivity index (χ2v) is 6.65. The average molecular weight is 365 g/mol. The van der Waals surface area contributed by atoms with Crippen molar-refractivity contribution in [3.8, 4) is 0 Å². The van der Waals surface area contributed by atoms with Crippen molar-refractivity contribution in [3.63, 3.8) is 0 Å². The Balaban J connectivity index is 1.92. The number of aromatic carboxylic acids is 1. The molecule has 4 nitrogen and oxygen atoms in total. The molecule has 1 atom stereocenters. The first-order valence-electron chi connectivity index (χ1n) is 7.44. The minimum Gasteiger partial charge on any atom is -0.478 e. The highest BCUT2D eigenvalue weighted by molar-refractivity contribution is 9.10. The van der Waals surface area contributed by atoms with Gasteiger partial charge in [0.25, 0.3) is 0 Å². The third-order valence-electron chi connectivity index (χ3n) is 4.44. The molecule has 0 amide bonds. The molecule has 5 heteroatoms. The summed E-state index contributed by atoms with van der Waals surface area (Å²) >= 11 is 3.40. The zero-order valence-corrected chi connectivity index (χ0v) is 13.9. The van der Waals surface area contributed by atoms with E-state index in [0.717, 1.165) is 28.4 Å². The lowest BCUT2D eigenvalue weighted by Gasteiger charge is -2.22. The Morgan fingerprint density at radius 3 is 2.86 bits per heavy atom. The Morgan fingerprint density at radius 2 is 2.18 bits per heavy atom. The number of carboxylic acid groups (broad SMARTS) is 1. The smallest absolute Gasteiger partial charge is 0.336 e. The number of halogens is 1. The molecule has 0 bridgehead atoms. The molecular formula is C17H17BrO4. The molecule has 0 heterocycles. The van der Waals surface area contributed by atoms with Crippen LogP contribution in [0.1, 0.15) is 47.7 Å². The van der Waals surface area contributed by atoms with Crippen LogP contribution < -0.4 is 0 Å². The maximum Gasteiger partial charge on any atom is 0.336 e. The van der Waals surface area contributed by atoms with Crippen LogP contribution in [0.2, 0.25) is 0 Å². The van der Waals surface area contributed by atoms with Crippen LogP contribution in [0.3, 0.4) is 0 Å². The van der Waals surface area contributed by atoms with E-state index < -0.39 is 5.97 Å². The molecule has 0 aromatic heterocycles. The van der Waals surface area contributed by atoms with Gasteiger partial charge in [0.15, 0.2) is 0 Å². The van der Waals surface area contributed by atoms with E-state index >= 15 is 0 Å². The van der Waals surface area contributed by atoms with Gasteiger partial charge in [-0.05, 0) is 61.4 Å². The molecule has 2 aliphatic rings. The van der Waals surface area contributed by atoms with E-state index in [1.165, 1.54) is 11.1 Å². The standard InChI is InChI=1S/C17H17BrO4/c1-2-22-17(21)9-3-4-12-10(5-9)6-13-14(12)7-11(18)8-15(13)16(19)20/h7-9H,2-6H2,1H3,(H,19,20). The Morgan fingerprint density at radius 1 is 1.41 bits per heavy atom. The first-order valence-corrected chi connectivity index (χ1v) is 8.24. The van der Waals surface area contributed by atoms with Crippen LogP contribution in [0.25, 0.3) is 5.57 Å². The van der Waals surface area contributed by atoms with Gasteiger partial charge in [0.05, 0.1) is 18.1 Å². The van der Waals surface area contributed by atoms with E-state index in [4.69, 9.17) is 4.74 Å². The minimum absolute atomic E-state index is 0.0928. The monoisotopic (exact) mass is 364 g/mol. The van der Waals surface area contributed by atoms with E-state index in [9.17, 15) is 14.7 Å². The number of rotatable bonds is 3. The molecule has 0 saturated carbocycles. The molecule has 1 aromatic rings. The predicted molar refractivity (Wildman–Crippen MR) is 85.7 cm³/mol. The van der Waals surface area contributed by atoms with Crippen LogP contribution in [-0.4, -0.2) is 23.7 Å². The summed E-state index contributed by atoms with van der Waals surface area (Å²) in [6, 6.07) is 3.65. The fourth-order valence-electron chi connectivity index (χ4n) is 3.48. The quantitative estimate of drug-likeness (QED) is 0.828. The lowest BCUT2D eigenvalue weighted by atomic mass is 9.84. The van der Waals surface area contributed by atoms with Gasteiger partial charge < -0.3 is 9.84 Å². The van der Waals surface area contributed by atoms with E-state index in [2.05, 4.69) is 15.9 Å². The maximum atomic E-state index is 11.9. The summed E-state index contributed by atoms with van der Waals surface area (Å²) in [5.74, 6) is -1.13. The average Bonchev–Trinajstić information content (AvgIpc) is 2.84. The van der Waals surface area contributed by atoms with Gasteiger partial charge in [0, 0.05) is 4.47 Å². The predicted octanol–water partition coefficient (Wildman–Crippen LogP) is 3.82. The highest BCUT2D eigenvalue weighted by atomic mass is 79.9. The number of carbonyl (C=O) groups excluding carboxylic acids is 1. The van der Waals surface area contributed by atoms with Crippen molar-refractivity contribution in [1.29, 1.82) is 0 Å². The molecule has 1 unspecified atom stereocenters. The van der Waals surface area contributed by atoms with Gasteiger partial charge in [-0.1, -0.05) is 21.5 Å². The second-order valence-electron chi connectivity index (χ2n) is 5.74. The molecule has 116 valence electrons. The zero-order valence-electron chi connectivity index (χ0n) is 12.3. The number of esters is 1. The highest BCUT2D eigenvalue weighted by Crippen LogP contribution is 2.45. The molecule has 0 aliphatic heterocycles. The van der Waals surface area contributed by atoms with Crippen LogP contribution in [0, 0.1) is 5.92 Å². The fourth-order valence-corrected chi connectivity index (χ4v) is 3.94. The molecule has 1 N–H and O–H groups in total. The molecule has 0 radical (unpaired) electrons. The summed E-state index contributed by atoms with van der Waals surface area (Å²) < 4.78 is 5.91. The van der Waals surface area contributed by atoms with Crippen molar-refractivity contribution in [2.45, 2.75) is 32.6 Å². The molecule has 22 heavy (non-hydrogen) atoms. The first kappa shape index (κ1) is 15.3.